The summed E-state index contributed by atoms with van der Waals surface area (Å²) in [4.78, 5) is 30.1. The van der Waals surface area contributed by atoms with Gasteiger partial charge in [0, 0.05) is 17.6 Å². The van der Waals surface area contributed by atoms with Crippen molar-refractivity contribution in [3.63, 3.8) is 0 Å². The minimum atomic E-state index is -1.06. The summed E-state index contributed by atoms with van der Waals surface area (Å²) in [5, 5.41) is 12.7. The summed E-state index contributed by atoms with van der Waals surface area (Å²) in [5.74, 6) is -0.371. The van der Waals surface area contributed by atoms with E-state index in [-0.39, 0.29) is 5.91 Å². The summed E-state index contributed by atoms with van der Waals surface area (Å²) in [6, 6.07) is 13.4. The van der Waals surface area contributed by atoms with Crippen LogP contribution in [0.5, 0.6) is 11.5 Å². The third-order valence-electron chi connectivity index (χ3n) is 5.60. The molecule has 9 heteroatoms. The Labute approximate surface area is 221 Å². The zero-order valence-electron chi connectivity index (χ0n) is 19.2. The van der Waals surface area contributed by atoms with Gasteiger partial charge >= 0.3 is 5.97 Å². The van der Waals surface area contributed by atoms with E-state index in [1.807, 2.05) is 36.4 Å². The van der Waals surface area contributed by atoms with Gasteiger partial charge in [-0.2, -0.15) is 0 Å². The Kier molecular flexibility index (Phi) is 8.40. The van der Waals surface area contributed by atoms with E-state index in [1.165, 1.54) is 12.0 Å². The minimum Gasteiger partial charge on any atom is -0.493 e. The lowest BCUT2D eigenvalue weighted by Gasteiger charge is -2.13. The highest BCUT2D eigenvalue weighted by Gasteiger charge is 2.25. The lowest BCUT2D eigenvalue weighted by molar-refractivity contribution is -0.139. The number of nitrogens with one attached hydrogen (secondary N) is 1. The van der Waals surface area contributed by atoms with E-state index in [0.29, 0.717) is 32.2 Å². The number of rotatable bonds is 9. The molecule has 3 aromatic rings. The van der Waals surface area contributed by atoms with Gasteiger partial charge in [0.1, 0.15) is 5.00 Å². The number of amides is 1. The van der Waals surface area contributed by atoms with Gasteiger partial charge in [-0.3, -0.25) is 4.79 Å². The molecule has 1 aromatic heterocycles. The van der Waals surface area contributed by atoms with Crippen molar-refractivity contribution in [3.05, 3.63) is 73.2 Å². The Morgan fingerprint density at radius 3 is 2.71 bits per heavy atom. The molecule has 2 N–H and O–H groups in total. The quantitative estimate of drug-likeness (QED) is 0.253. The number of hydrogen-bond donors (Lipinski definition) is 2. The SMILES string of the molecule is COc1cc(C=Nc2sc3c(c2C(=O)NCc2ccccc2)CCCC3)cc(I)c1OCC(=O)O. The molecule has 1 aliphatic rings. The van der Waals surface area contributed by atoms with Gasteiger partial charge < -0.3 is 19.9 Å². The molecule has 0 radical (unpaired) electrons. The minimum absolute atomic E-state index is 0.106. The number of thiophene rings is 1. The van der Waals surface area contributed by atoms with Crippen LogP contribution in [0.2, 0.25) is 0 Å². The number of carboxylic acid groups (broad SMARTS) is 1. The van der Waals surface area contributed by atoms with E-state index >= 15 is 0 Å². The Balaban J connectivity index is 1.60. The largest absolute Gasteiger partial charge is 0.493 e. The van der Waals surface area contributed by atoms with Crippen LogP contribution in [0.4, 0.5) is 5.00 Å². The van der Waals surface area contributed by atoms with Gasteiger partial charge in [-0.1, -0.05) is 30.3 Å². The molecular weight excluding hydrogens is 579 g/mol. The number of hydrogen-bond acceptors (Lipinski definition) is 6. The summed E-state index contributed by atoms with van der Waals surface area (Å²) in [6.45, 7) is 0.00263. The molecule has 0 unspecified atom stereocenters. The number of ether oxygens (including phenoxy) is 2. The molecule has 182 valence electrons. The Morgan fingerprint density at radius 1 is 1.20 bits per heavy atom. The van der Waals surface area contributed by atoms with Gasteiger partial charge in [0.05, 0.1) is 16.2 Å². The highest BCUT2D eigenvalue weighted by atomic mass is 127. The van der Waals surface area contributed by atoms with Crippen LogP contribution in [-0.4, -0.2) is 36.9 Å². The first kappa shape index (κ1) is 25.2. The van der Waals surface area contributed by atoms with Crippen LogP contribution < -0.4 is 14.8 Å². The number of aliphatic imine (C=N–C) groups is 1. The van der Waals surface area contributed by atoms with Gasteiger partial charge in [-0.05, 0) is 77.1 Å². The van der Waals surface area contributed by atoms with Crippen LogP contribution >= 0.6 is 33.9 Å². The van der Waals surface area contributed by atoms with Crippen molar-refractivity contribution in [3.8, 4) is 11.5 Å². The number of carbonyl (C=O) groups is 2. The number of halogens is 1. The average Bonchev–Trinajstić information content (AvgIpc) is 3.24. The van der Waals surface area contributed by atoms with Crippen LogP contribution in [0.15, 0.2) is 47.5 Å². The molecule has 0 aliphatic heterocycles. The fourth-order valence-corrected chi connectivity index (χ4v) is 5.98. The van der Waals surface area contributed by atoms with Crippen LogP contribution in [0.25, 0.3) is 0 Å². The first-order chi connectivity index (χ1) is 17.0. The maximum Gasteiger partial charge on any atom is 0.341 e. The van der Waals surface area contributed by atoms with E-state index in [2.05, 4.69) is 27.9 Å². The van der Waals surface area contributed by atoms with Crippen LogP contribution in [0.1, 0.15) is 44.8 Å². The number of nitrogens with zero attached hydrogens (tertiary/aromatic N) is 1. The number of fused-ring (bicyclic) bond motifs is 1. The van der Waals surface area contributed by atoms with Crippen LogP contribution in [0.3, 0.4) is 0 Å². The molecular formula is C26H25IN2O5S. The third-order valence-corrected chi connectivity index (χ3v) is 7.60. The molecule has 35 heavy (non-hydrogen) atoms. The predicted octanol–water partition coefficient (Wildman–Crippen LogP) is 5.38. The maximum absolute atomic E-state index is 13.2. The van der Waals surface area contributed by atoms with Gasteiger partial charge in [0.25, 0.3) is 5.91 Å². The van der Waals surface area contributed by atoms with Gasteiger partial charge in [-0.25, -0.2) is 9.79 Å². The third kappa shape index (κ3) is 6.21. The molecule has 1 aliphatic carbocycles. The average molecular weight is 604 g/mol. The highest BCUT2D eigenvalue weighted by molar-refractivity contribution is 14.1. The monoisotopic (exact) mass is 604 g/mol. The molecule has 7 nitrogen and oxygen atoms in total. The molecule has 0 saturated carbocycles. The first-order valence-electron chi connectivity index (χ1n) is 11.2. The first-order valence-corrected chi connectivity index (χ1v) is 13.1. The molecule has 2 aromatic carbocycles. The summed E-state index contributed by atoms with van der Waals surface area (Å²) in [7, 11) is 1.50. The number of aryl methyl sites for hydroxylation is 1. The van der Waals surface area contributed by atoms with Crippen molar-refractivity contribution in [2.75, 3.05) is 13.7 Å². The zero-order chi connectivity index (χ0) is 24.8. The van der Waals surface area contributed by atoms with Crippen molar-refractivity contribution in [2.45, 2.75) is 32.2 Å². The topological polar surface area (TPSA) is 97.2 Å². The van der Waals surface area contributed by atoms with E-state index < -0.39 is 12.6 Å². The van der Waals surface area contributed by atoms with Gasteiger partial charge in [-0.15, -0.1) is 11.3 Å². The van der Waals surface area contributed by atoms with E-state index in [1.54, 1.807) is 23.6 Å². The summed E-state index contributed by atoms with van der Waals surface area (Å²) in [5.41, 5.74) is 3.58. The zero-order valence-corrected chi connectivity index (χ0v) is 22.1. The smallest absolute Gasteiger partial charge is 0.341 e. The molecule has 0 saturated heterocycles. The highest BCUT2D eigenvalue weighted by Crippen LogP contribution is 2.40. The second-order valence-electron chi connectivity index (χ2n) is 8.03. The lowest BCUT2D eigenvalue weighted by atomic mass is 9.95. The number of methoxy groups -OCH3 is 1. The lowest BCUT2D eigenvalue weighted by Crippen LogP contribution is -2.24. The second kappa shape index (κ2) is 11.7. The molecule has 4 rings (SSSR count). The van der Waals surface area contributed by atoms with E-state index in [9.17, 15) is 9.59 Å². The molecule has 0 bridgehead atoms. The molecule has 0 spiro atoms. The summed E-state index contributed by atoms with van der Waals surface area (Å²) in [6.07, 6.45) is 5.75. The maximum atomic E-state index is 13.2. The number of carbonyl (C=O) groups excluding carboxylic acids is 1. The van der Waals surface area contributed by atoms with E-state index in [4.69, 9.17) is 19.6 Å². The van der Waals surface area contributed by atoms with Crippen LogP contribution in [0, 0.1) is 3.57 Å². The van der Waals surface area contributed by atoms with Crippen molar-refractivity contribution in [2.24, 2.45) is 4.99 Å². The van der Waals surface area contributed by atoms with Crippen molar-refractivity contribution in [1.29, 1.82) is 0 Å². The van der Waals surface area contributed by atoms with Crippen molar-refractivity contribution in [1.82, 2.24) is 5.32 Å². The van der Waals surface area contributed by atoms with E-state index in [0.717, 1.165) is 42.4 Å². The molecule has 1 amide bonds. The van der Waals surface area contributed by atoms with Gasteiger partial charge in [0.15, 0.2) is 18.1 Å². The molecule has 1 heterocycles. The van der Waals surface area contributed by atoms with Crippen molar-refractivity contribution >= 4 is 57.0 Å². The predicted molar refractivity (Wildman–Crippen MR) is 145 cm³/mol. The Hall–Kier alpha value is -2.92. The number of benzene rings is 2. The summed E-state index contributed by atoms with van der Waals surface area (Å²) >= 11 is 3.66. The van der Waals surface area contributed by atoms with Crippen LogP contribution in [-0.2, 0) is 24.2 Å². The fourth-order valence-electron chi connectivity index (χ4n) is 3.96. The Morgan fingerprint density at radius 2 is 1.97 bits per heavy atom. The normalized spacial score (nSPS) is 12.9. The van der Waals surface area contributed by atoms with Crippen molar-refractivity contribution < 1.29 is 24.2 Å². The standard InChI is InChI=1S/C26H25IN2O5S/c1-33-20-12-17(11-19(27)24(20)34-15-22(30)31)14-29-26-23(18-9-5-6-10-21(18)35-26)25(32)28-13-16-7-3-2-4-8-16/h2-4,7-8,11-12,14H,5-6,9-10,13,15H2,1H3,(H,28,32)(H,30,31). The second-order valence-corrected chi connectivity index (χ2v) is 10.3. The summed E-state index contributed by atoms with van der Waals surface area (Å²) < 4.78 is 11.5. The van der Waals surface area contributed by atoms with Gasteiger partial charge in [0.2, 0.25) is 0 Å². The number of aliphatic carboxylic acids is 1. The fraction of sp³-hybridized carbons (Fsp3) is 0.269. The molecule has 0 atom stereocenters. The molecule has 0 fully saturated rings. The Bertz CT molecular complexity index is 1260. The number of carboxylic acids is 1.